The topological polar surface area (TPSA) is 33.0 Å². The zero-order valence-electron chi connectivity index (χ0n) is 12.5. The van der Waals surface area contributed by atoms with E-state index < -0.39 is 0 Å². The average molecular weight is 269 g/mol. The summed E-state index contributed by atoms with van der Waals surface area (Å²) < 4.78 is 6.09. The lowest BCUT2D eigenvalue weighted by molar-refractivity contribution is 0.214. The van der Waals surface area contributed by atoms with E-state index in [1.165, 1.54) is 29.6 Å². The molecule has 0 saturated heterocycles. The summed E-state index contributed by atoms with van der Waals surface area (Å²) in [6.45, 7) is 4.88. The first-order chi connectivity index (χ1) is 9.77. The Morgan fingerprint density at radius 3 is 2.95 bits per heavy atom. The molecule has 2 aliphatic carbocycles. The van der Waals surface area contributed by atoms with Crippen LogP contribution in [0.15, 0.2) is 46.3 Å². The first-order valence-corrected chi connectivity index (χ1v) is 7.59. The van der Waals surface area contributed by atoms with Crippen LogP contribution >= 0.6 is 0 Å². The Balaban J connectivity index is 2.47. The van der Waals surface area contributed by atoms with Crippen molar-refractivity contribution in [2.24, 2.45) is 0 Å². The molecule has 0 saturated carbocycles. The van der Waals surface area contributed by atoms with E-state index in [4.69, 9.17) is 10.00 Å². The molecule has 0 N–H and O–H groups in total. The minimum atomic E-state index is 0.745. The molecule has 106 valence electrons. The Kier molecular flexibility index (Phi) is 5.24. The summed E-state index contributed by atoms with van der Waals surface area (Å²) in [7, 11) is 0. The maximum absolute atomic E-state index is 8.91. The second-order valence-corrected chi connectivity index (χ2v) is 5.43. The fraction of sp³-hybridized carbons (Fsp3) is 0.500. The quantitative estimate of drug-likeness (QED) is 0.675. The molecule has 0 bridgehead atoms. The molecule has 0 fully saturated rings. The van der Waals surface area contributed by atoms with E-state index in [2.05, 4.69) is 25.1 Å². The van der Waals surface area contributed by atoms with Crippen molar-refractivity contribution in [3.05, 3.63) is 46.3 Å². The van der Waals surface area contributed by atoms with Gasteiger partial charge in [-0.15, -0.1) is 0 Å². The van der Waals surface area contributed by atoms with Crippen LogP contribution in [0.25, 0.3) is 0 Å². The van der Waals surface area contributed by atoms with E-state index in [1.807, 2.05) is 6.92 Å². The number of nitrogens with zero attached hydrogens (tertiary/aromatic N) is 1. The molecule has 0 aromatic carbocycles. The predicted octanol–water partition coefficient (Wildman–Crippen LogP) is 4.97. The molecule has 2 nitrogen and oxygen atoms in total. The molecule has 0 aromatic heterocycles. The number of rotatable bonds is 4. The van der Waals surface area contributed by atoms with Gasteiger partial charge in [-0.3, -0.25) is 0 Å². The smallest absolute Gasteiger partial charge is 0.126 e. The molecule has 0 spiro atoms. The Bertz CT molecular complexity index is 526. The molecule has 0 unspecified atom stereocenters. The van der Waals surface area contributed by atoms with Crippen molar-refractivity contribution in [2.75, 3.05) is 6.61 Å². The van der Waals surface area contributed by atoms with Crippen LogP contribution in [-0.2, 0) is 4.74 Å². The number of nitriles is 1. The van der Waals surface area contributed by atoms with Gasteiger partial charge in [0.1, 0.15) is 5.76 Å². The van der Waals surface area contributed by atoms with E-state index in [0.29, 0.717) is 0 Å². The number of hydrogen-bond acceptors (Lipinski definition) is 2. The highest BCUT2D eigenvalue weighted by atomic mass is 16.5. The van der Waals surface area contributed by atoms with Gasteiger partial charge >= 0.3 is 0 Å². The van der Waals surface area contributed by atoms with Crippen molar-refractivity contribution in [3.63, 3.8) is 0 Å². The maximum Gasteiger partial charge on any atom is 0.126 e. The van der Waals surface area contributed by atoms with Crippen LogP contribution in [0.2, 0.25) is 0 Å². The number of ether oxygens (including phenoxy) is 1. The van der Waals surface area contributed by atoms with Gasteiger partial charge in [0.2, 0.25) is 0 Å². The van der Waals surface area contributed by atoms with Gasteiger partial charge in [-0.25, -0.2) is 0 Å². The predicted molar refractivity (Wildman–Crippen MR) is 81.9 cm³/mol. The van der Waals surface area contributed by atoms with E-state index in [0.717, 1.165) is 43.6 Å². The van der Waals surface area contributed by atoms with Crippen LogP contribution in [0.4, 0.5) is 0 Å². The molecule has 0 radical (unpaired) electrons. The molecule has 2 heteroatoms. The molecule has 2 rings (SSSR count). The van der Waals surface area contributed by atoms with E-state index >= 15 is 0 Å². The summed E-state index contributed by atoms with van der Waals surface area (Å²) in [5.41, 5.74) is 5.02. The van der Waals surface area contributed by atoms with E-state index in [9.17, 15) is 0 Å². The van der Waals surface area contributed by atoms with Gasteiger partial charge < -0.3 is 4.74 Å². The van der Waals surface area contributed by atoms with Crippen LogP contribution in [0, 0.1) is 11.3 Å². The monoisotopic (exact) mass is 269 g/mol. The summed E-state index contributed by atoms with van der Waals surface area (Å²) in [5.74, 6) is 1.05. The molecule has 0 amide bonds. The zero-order chi connectivity index (χ0) is 14.4. The fourth-order valence-corrected chi connectivity index (χ4v) is 2.87. The molecular formula is C18H23NO. The number of allylic oxidation sites excluding steroid dienone is 7. The Hall–Kier alpha value is -1.75. The van der Waals surface area contributed by atoms with Gasteiger partial charge in [0, 0.05) is 11.6 Å². The zero-order valence-corrected chi connectivity index (χ0v) is 12.5. The van der Waals surface area contributed by atoms with Crippen molar-refractivity contribution >= 4 is 0 Å². The third-order valence-electron chi connectivity index (χ3n) is 3.91. The van der Waals surface area contributed by atoms with Crippen molar-refractivity contribution in [3.8, 4) is 6.07 Å². The minimum Gasteiger partial charge on any atom is -0.493 e. The SMILES string of the molecule is CCCOC1=C(/C(C)=C/C#N)CC=CC2=C1CCCC2. The first-order valence-electron chi connectivity index (χ1n) is 7.59. The molecule has 2 aliphatic rings. The third kappa shape index (κ3) is 3.22. The van der Waals surface area contributed by atoms with Gasteiger partial charge in [0.05, 0.1) is 12.7 Å². The van der Waals surface area contributed by atoms with Gasteiger partial charge in [0.15, 0.2) is 0 Å². The van der Waals surface area contributed by atoms with Crippen molar-refractivity contribution in [1.29, 1.82) is 5.26 Å². The Morgan fingerprint density at radius 1 is 1.40 bits per heavy atom. The Morgan fingerprint density at radius 2 is 2.20 bits per heavy atom. The van der Waals surface area contributed by atoms with Crippen LogP contribution in [0.3, 0.4) is 0 Å². The van der Waals surface area contributed by atoms with Crippen molar-refractivity contribution in [1.82, 2.24) is 0 Å². The lowest BCUT2D eigenvalue weighted by Gasteiger charge is -2.22. The highest BCUT2D eigenvalue weighted by Crippen LogP contribution is 2.37. The summed E-state index contributed by atoms with van der Waals surface area (Å²) >= 11 is 0. The molecule has 0 aliphatic heterocycles. The molecular weight excluding hydrogens is 246 g/mol. The normalized spacial score (nSPS) is 19.6. The maximum atomic E-state index is 8.91. The molecule has 20 heavy (non-hydrogen) atoms. The van der Waals surface area contributed by atoms with Crippen molar-refractivity contribution in [2.45, 2.75) is 52.4 Å². The van der Waals surface area contributed by atoms with Crippen LogP contribution in [0.1, 0.15) is 52.4 Å². The Labute approximate surface area is 122 Å². The van der Waals surface area contributed by atoms with Crippen LogP contribution < -0.4 is 0 Å². The average Bonchev–Trinajstić information content (AvgIpc) is 2.64. The second-order valence-electron chi connectivity index (χ2n) is 5.43. The van der Waals surface area contributed by atoms with Gasteiger partial charge in [-0.05, 0) is 62.2 Å². The first kappa shape index (κ1) is 14.7. The number of hydrogen-bond donors (Lipinski definition) is 0. The van der Waals surface area contributed by atoms with E-state index in [1.54, 1.807) is 6.08 Å². The fourth-order valence-electron chi connectivity index (χ4n) is 2.87. The third-order valence-corrected chi connectivity index (χ3v) is 3.91. The molecule has 0 heterocycles. The lowest BCUT2D eigenvalue weighted by atomic mass is 9.89. The summed E-state index contributed by atoms with van der Waals surface area (Å²) in [4.78, 5) is 0. The van der Waals surface area contributed by atoms with Gasteiger partial charge in [0.25, 0.3) is 0 Å². The summed E-state index contributed by atoms with van der Waals surface area (Å²) in [5, 5.41) is 8.91. The molecule has 0 atom stereocenters. The largest absolute Gasteiger partial charge is 0.493 e. The second kappa shape index (κ2) is 7.14. The van der Waals surface area contributed by atoms with Crippen LogP contribution in [-0.4, -0.2) is 6.61 Å². The lowest BCUT2D eigenvalue weighted by Crippen LogP contribution is -2.07. The highest BCUT2D eigenvalue weighted by Gasteiger charge is 2.21. The summed E-state index contributed by atoms with van der Waals surface area (Å²) in [6, 6.07) is 2.14. The minimum absolute atomic E-state index is 0.745. The van der Waals surface area contributed by atoms with Crippen molar-refractivity contribution < 1.29 is 4.74 Å². The van der Waals surface area contributed by atoms with Gasteiger partial charge in [-0.1, -0.05) is 19.1 Å². The summed E-state index contributed by atoms with van der Waals surface area (Å²) in [6.07, 6.45) is 12.7. The van der Waals surface area contributed by atoms with E-state index in [-0.39, 0.29) is 0 Å². The standard InChI is InChI=1S/C18H23NO/c1-3-13-20-18-16(14(2)11-12-19)10-6-8-15-7-4-5-9-17(15)18/h6,8,11H,3-5,7,9-10,13H2,1-2H3/b14-11+. The van der Waals surface area contributed by atoms with Gasteiger partial charge in [-0.2, -0.15) is 5.26 Å². The highest BCUT2D eigenvalue weighted by molar-refractivity contribution is 5.50. The molecule has 0 aromatic rings. The van der Waals surface area contributed by atoms with Crippen LogP contribution in [0.5, 0.6) is 0 Å².